The average molecular weight is 304 g/mol. The fraction of sp³-hybridized carbons (Fsp3) is 0.333. The van der Waals surface area contributed by atoms with Gasteiger partial charge in [0, 0.05) is 0 Å². The normalized spacial score (nSPS) is 11.4. The van der Waals surface area contributed by atoms with Gasteiger partial charge < -0.3 is 10.5 Å². The van der Waals surface area contributed by atoms with Crippen LogP contribution in [-0.4, -0.2) is 13.2 Å². The Morgan fingerprint density at radius 2 is 1.76 bits per heavy atom. The molecule has 2 nitrogen and oxygen atoms in total. The summed E-state index contributed by atoms with van der Waals surface area (Å²) in [5.41, 5.74) is 8.05. The molecule has 0 unspecified atom stereocenters. The van der Waals surface area contributed by atoms with Gasteiger partial charge in [0.1, 0.15) is 5.75 Å². The summed E-state index contributed by atoms with van der Waals surface area (Å²) >= 11 is 6.31. The minimum absolute atomic E-state index is 0.0937. The van der Waals surface area contributed by atoms with Crippen LogP contribution in [0.4, 0.5) is 0 Å². The molecular formula is C18H22ClNO. The molecule has 0 aromatic heterocycles. The van der Waals surface area contributed by atoms with Gasteiger partial charge in [-0.05, 0) is 41.6 Å². The Labute approximate surface area is 131 Å². The monoisotopic (exact) mass is 303 g/mol. The lowest BCUT2D eigenvalue weighted by molar-refractivity contribution is 0.233. The third-order valence-electron chi connectivity index (χ3n) is 3.63. The number of hydrogen-bond acceptors (Lipinski definition) is 2. The molecule has 0 aliphatic carbocycles. The second-order valence-corrected chi connectivity index (χ2v) is 6.39. The highest BCUT2D eigenvalue weighted by molar-refractivity contribution is 6.32. The summed E-state index contributed by atoms with van der Waals surface area (Å²) in [6.07, 6.45) is 0.903. The van der Waals surface area contributed by atoms with Gasteiger partial charge in [0.25, 0.3) is 0 Å². The standard InChI is InChI=1S/C18H22ClNO/c1-18(2,13-20)10-11-21-17-9-8-15(12-16(17)19)14-6-4-3-5-7-14/h3-9,12H,10-11,13,20H2,1-2H3. The van der Waals surface area contributed by atoms with E-state index in [1.165, 1.54) is 0 Å². The van der Waals surface area contributed by atoms with Crippen LogP contribution in [0.25, 0.3) is 11.1 Å². The number of rotatable bonds is 6. The molecular weight excluding hydrogens is 282 g/mol. The molecule has 0 aliphatic heterocycles. The van der Waals surface area contributed by atoms with E-state index in [-0.39, 0.29) is 5.41 Å². The van der Waals surface area contributed by atoms with Crippen molar-refractivity contribution in [3.8, 4) is 16.9 Å². The lowest BCUT2D eigenvalue weighted by Crippen LogP contribution is -2.25. The van der Waals surface area contributed by atoms with Crippen molar-refractivity contribution in [2.45, 2.75) is 20.3 Å². The summed E-state index contributed by atoms with van der Waals surface area (Å²) in [6, 6.07) is 16.1. The fourth-order valence-electron chi connectivity index (χ4n) is 1.97. The molecule has 21 heavy (non-hydrogen) atoms. The van der Waals surface area contributed by atoms with Crippen molar-refractivity contribution in [1.29, 1.82) is 0 Å². The molecule has 0 atom stereocenters. The molecule has 0 saturated heterocycles. The molecule has 0 heterocycles. The van der Waals surface area contributed by atoms with Gasteiger partial charge in [-0.2, -0.15) is 0 Å². The molecule has 0 saturated carbocycles. The van der Waals surface area contributed by atoms with E-state index in [0.29, 0.717) is 18.2 Å². The van der Waals surface area contributed by atoms with Crippen molar-refractivity contribution in [1.82, 2.24) is 0 Å². The van der Waals surface area contributed by atoms with Gasteiger partial charge in [0.2, 0.25) is 0 Å². The summed E-state index contributed by atoms with van der Waals surface area (Å²) in [7, 11) is 0. The highest BCUT2D eigenvalue weighted by Gasteiger charge is 2.15. The van der Waals surface area contributed by atoms with E-state index in [1.54, 1.807) is 0 Å². The number of halogens is 1. The minimum atomic E-state index is 0.0937. The third kappa shape index (κ3) is 4.48. The van der Waals surface area contributed by atoms with E-state index in [2.05, 4.69) is 26.0 Å². The van der Waals surface area contributed by atoms with Crippen LogP contribution in [0.5, 0.6) is 5.75 Å². The lowest BCUT2D eigenvalue weighted by atomic mass is 9.90. The number of benzene rings is 2. The highest BCUT2D eigenvalue weighted by Crippen LogP contribution is 2.31. The third-order valence-corrected chi connectivity index (χ3v) is 3.92. The van der Waals surface area contributed by atoms with Crippen LogP contribution in [-0.2, 0) is 0 Å². The summed E-state index contributed by atoms with van der Waals surface area (Å²) in [5.74, 6) is 0.726. The van der Waals surface area contributed by atoms with Gasteiger partial charge >= 0.3 is 0 Å². The zero-order chi connectivity index (χ0) is 15.3. The Bertz CT molecular complexity index is 581. The maximum Gasteiger partial charge on any atom is 0.137 e. The molecule has 0 fully saturated rings. The summed E-state index contributed by atoms with van der Waals surface area (Å²) < 4.78 is 5.78. The van der Waals surface area contributed by atoms with Gasteiger partial charge in [0.15, 0.2) is 0 Å². The Morgan fingerprint density at radius 3 is 2.38 bits per heavy atom. The van der Waals surface area contributed by atoms with Crippen LogP contribution in [0.15, 0.2) is 48.5 Å². The predicted molar refractivity (Wildman–Crippen MR) is 89.8 cm³/mol. The van der Waals surface area contributed by atoms with E-state index >= 15 is 0 Å². The smallest absolute Gasteiger partial charge is 0.137 e. The topological polar surface area (TPSA) is 35.2 Å². The van der Waals surface area contributed by atoms with Crippen molar-refractivity contribution < 1.29 is 4.74 Å². The SMILES string of the molecule is CC(C)(CN)CCOc1ccc(-c2ccccc2)cc1Cl. The number of nitrogens with two attached hydrogens (primary N) is 1. The van der Waals surface area contributed by atoms with Gasteiger partial charge in [-0.25, -0.2) is 0 Å². The Balaban J connectivity index is 2.03. The molecule has 112 valence electrons. The second-order valence-electron chi connectivity index (χ2n) is 5.98. The molecule has 0 radical (unpaired) electrons. The van der Waals surface area contributed by atoms with E-state index in [4.69, 9.17) is 22.1 Å². The Hall–Kier alpha value is -1.51. The predicted octanol–water partition coefficient (Wildman–Crippen LogP) is 4.76. The fourth-order valence-corrected chi connectivity index (χ4v) is 2.20. The molecule has 3 heteroatoms. The van der Waals surface area contributed by atoms with Gasteiger partial charge in [-0.3, -0.25) is 0 Å². The first-order valence-corrected chi connectivity index (χ1v) is 7.57. The van der Waals surface area contributed by atoms with Crippen LogP contribution in [0.3, 0.4) is 0 Å². The zero-order valence-electron chi connectivity index (χ0n) is 12.6. The largest absolute Gasteiger partial charge is 0.492 e. The molecule has 0 spiro atoms. The van der Waals surface area contributed by atoms with Crippen molar-refractivity contribution in [3.05, 3.63) is 53.6 Å². The summed E-state index contributed by atoms with van der Waals surface area (Å²) in [6.45, 7) is 5.54. The average Bonchev–Trinajstić information content (AvgIpc) is 2.49. The first-order valence-electron chi connectivity index (χ1n) is 7.20. The van der Waals surface area contributed by atoms with E-state index in [0.717, 1.165) is 23.3 Å². The van der Waals surface area contributed by atoms with Crippen LogP contribution < -0.4 is 10.5 Å². The van der Waals surface area contributed by atoms with Crippen molar-refractivity contribution in [2.75, 3.05) is 13.2 Å². The zero-order valence-corrected chi connectivity index (χ0v) is 13.4. The molecule has 2 aromatic rings. The van der Waals surface area contributed by atoms with Crippen LogP contribution in [0, 0.1) is 5.41 Å². The first-order chi connectivity index (χ1) is 10.0. The quantitative estimate of drug-likeness (QED) is 0.835. The molecule has 2 aromatic carbocycles. The van der Waals surface area contributed by atoms with Crippen LogP contribution >= 0.6 is 11.6 Å². The maximum atomic E-state index is 6.31. The van der Waals surface area contributed by atoms with Crippen molar-refractivity contribution in [3.63, 3.8) is 0 Å². The van der Waals surface area contributed by atoms with E-state index in [1.807, 2.05) is 36.4 Å². The molecule has 0 aliphatic rings. The number of hydrogen-bond donors (Lipinski definition) is 1. The minimum Gasteiger partial charge on any atom is -0.492 e. The molecule has 2 N–H and O–H groups in total. The van der Waals surface area contributed by atoms with E-state index < -0.39 is 0 Å². The van der Waals surface area contributed by atoms with Gasteiger partial charge in [0.05, 0.1) is 11.6 Å². The molecule has 0 bridgehead atoms. The van der Waals surface area contributed by atoms with E-state index in [9.17, 15) is 0 Å². The van der Waals surface area contributed by atoms with Crippen LogP contribution in [0.2, 0.25) is 5.02 Å². The van der Waals surface area contributed by atoms with Crippen LogP contribution in [0.1, 0.15) is 20.3 Å². The number of ether oxygens (including phenoxy) is 1. The second kappa shape index (κ2) is 6.97. The molecule has 2 rings (SSSR count). The summed E-state index contributed by atoms with van der Waals surface area (Å²) in [4.78, 5) is 0. The Morgan fingerprint density at radius 1 is 1.05 bits per heavy atom. The highest BCUT2D eigenvalue weighted by atomic mass is 35.5. The first kappa shape index (κ1) is 15.9. The maximum absolute atomic E-state index is 6.31. The summed E-state index contributed by atoms with van der Waals surface area (Å²) in [5, 5.41) is 0.641. The van der Waals surface area contributed by atoms with Crippen molar-refractivity contribution in [2.24, 2.45) is 11.1 Å². The van der Waals surface area contributed by atoms with Gasteiger partial charge in [-0.1, -0.05) is 61.8 Å². The van der Waals surface area contributed by atoms with Crippen molar-refractivity contribution >= 4 is 11.6 Å². The lowest BCUT2D eigenvalue weighted by Gasteiger charge is -2.22. The van der Waals surface area contributed by atoms with Gasteiger partial charge in [-0.15, -0.1) is 0 Å². The Kier molecular flexibility index (Phi) is 5.27. The molecule has 0 amide bonds.